The second kappa shape index (κ2) is 18.0. The molecule has 13 aromatic carbocycles. The average molecular weight is 902 g/mol. The van der Waals surface area contributed by atoms with E-state index in [1.807, 2.05) is 0 Å². The Hall–Kier alpha value is -9.30. The van der Waals surface area contributed by atoms with Gasteiger partial charge in [0.05, 0.1) is 5.69 Å². The van der Waals surface area contributed by atoms with Crippen LogP contribution in [-0.2, 0) is 0 Å². The molecule has 0 saturated heterocycles. The maximum absolute atomic E-state index is 2.44. The highest BCUT2D eigenvalue weighted by atomic mass is 15.1. The number of fused-ring (bicyclic) bond motifs is 6. The van der Waals surface area contributed by atoms with Gasteiger partial charge in [0.25, 0.3) is 0 Å². The van der Waals surface area contributed by atoms with Crippen molar-refractivity contribution in [1.82, 2.24) is 0 Å². The Bertz CT molecular complexity index is 3840. The number of benzene rings is 13. The molecular formula is C70H47N. The molecule has 0 bridgehead atoms. The second-order valence-corrected chi connectivity index (χ2v) is 18.3. The Morgan fingerprint density at radius 2 is 0.451 bits per heavy atom. The summed E-state index contributed by atoms with van der Waals surface area (Å²) in [7, 11) is 0. The zero-order valence-electron chi connectivity index (χ0n) is 39.1. The van der Waals surface area contributed by atoms with Crippen LogP contribution in [0.2, 0.25) is 0 Å². The topological polar surface area (TPSA) is 3.24 Å². The van der Waals surface area contributed by atoms with Crippen molar-refractivity contribution in [2.45, 2.75) is 0 Å². The molecule has 0 fully saturated rings. The molecule has 1 nitrogen and oxygen atoms in total. The first-order valence-electron chi connectivity index (χ1n) is 24.5. The van der Waals surface area contributed by atoms with Gasteiger partial charge in [0.1, 0.15) is 0 Å². The van der Waals surface area contributed by atoms with Crippen LogP contribution >= 0.6 is 0 Å². The van der Waals surface area contributed by atoms with Crippen LogP contribution in [0.25, 0.3) is 110 Å². The van der Waals surface area contributed by atoms with E-state index < -0.39 is 0 Å². The Kier molecular flexibility index (Phi) is 10.6. The van der Waals surface area contributed by atoms with E-state index in [1.165, 1.54) is 98.7 Å². The van der Waals surface area contributed by atoms with Crippen LogP contribution < -0.4 is 4.90 Å². The largest absolute Gasteiger partial charge is 0.310 e. The number of hydrogen-bond acceptors (Lipinski definition) is 1. The lowest BCUT2D eigenvalue weighted by molar-refractivity contribution is 1.28. The molecule has 71 heavy (non-hydrogen) atoms. The van der Waals surface area contributed by atoms with Crippen LogP contribution in [-0.4, -0.2) is 0 Å². The minimum atomic E-state index is 1.07. The van der Waals surface area contributed by atoms with Gasteiger partial charge in [-0.15, -0.1) is 0 Å². The van der Waals surface area contributed by atoms with Gasteiger partial charge in [-0.2, -0.15) is 0 Å². The molecule has 0 N–H and O–H groups in total. The van der Waals surface area contributed by atoms with Crippen LogP contribution in [0, 0.1) is 0 Å². The van der Waals surface area contributed by atoms with Crippen LogP contribution in [0.5, 0.6) is 0 Å². The third kappa shape index (κ3) is 7.44. The normalized spacial score (nSPS) is 11.4. The van der Waals surface area contributed by atoms with Crippen LogP contribution in [0.1, 0.15) is 0 Å². The molecule has 0 aliphatic heterocycles. The molecule has 332 valence electrons. The number of rotatable bonds is 9. The number of anilines is 3. The van der Waals surface area contributed by atoms with E-state index in [1.54, 1.807) is 0 Å². The van der Waals surface area contributed by atoms with Crippen molar-refractivity contribution >= 4 is 60.2 Å². The van der Waals surface area contributed by atoms with E-state index in [2.05, 4.69) is 290 Å². The molecule has 0 spiro atoms. The summed E-state index contributed by atoms with van der Waals surface area (Å²) in [6.45, 7) is 0. The lowest BCUT2D eigenvalue weighted by Gasteiger charge is -2.29. The van der Waals surface area contributed by atoms with Gasteiger partial charge in [-0.25, -0.2) is 0 Å². The first kappa shape index (κ1) is 41.9. The lowest BCUT2D eigenvalue weighted by Crippen LogP contribution is -2.11. The fourth-order valence-corrected chi connectivity index (χ4v) is 11.1. The summed E-state index contributed by atoms with van der Waals surface area (Å²) in [5.74, 6) is 0. The number of nitrogens with zero attached hydrogens (tertiary/aromatic N) is 1. The standard InChI is InChI=1S/C70H47N/c1-5-21-48(22-6-1)54-41-46-66(65(47-54)49-23-7-2-8-24-49)71(55-42-37-52(38-43-55)69-63-35-19-15-31-59(63)57-29-13-17-33-61(57)67(69)50-25-9-3-10-26-50)56-44-39-53(40-45-56)70-64-36-20-16-32-60(64)58-30-14-18-34-62(58)68(70)51-27-11-4-12-28-51/h1-47H. The molecule has 13 aromatic rings. The summed E-state index contributed by atoms with van der Waals surface area (Å²) >= 11 is 0. The maximum Gasteiger partial charge on any atom is 0.0540 e. The second-order valence-electron chi connectivity index (χ2n) is 18.3. The molecule has 0 heterocycles. The highest BCUT2D eigenvalue weighted by molar-refractivity contribution is 6.23. The minimum Gasteiger partial charge on any atom is -0.310 e. The monoisotopic (exact) mass is 901 g/mol. The molecule has 0 atom stereocenters. The predicted molar refractivity (Wildman–Crippen MR) is 304 cm³/mol. The molecule has 0 unspecified atom stereocenters. The summed E-state index contributed by atoms with van der Waals surface area (Å²) in [6.07, 6.45) is 0. The highest BCUT2D eigenvalue weighted by Crippen LogP contribution is 2.49. The van der Waals surface area contributed by atoms with E-state index in [0.29, 0.717) is 0 Å². The van der Waals surface area contributed by atoms with E-state index in [0.717, 1.165) is 28.2 Å². The molecular weight excluding hydrogens is 855 g/mol. The summed E-state index contributed by atoms with van der Waals surface area (Å²) in [5, 5.41) is 10.0. The molecule has 13 rings (SSSR count). The quantitative estimate of drug-likeness (QED) is 0.131. The molecule has 0 radical (unpaired) electrons. The zero-order valence-corrected chi connectivity index (χ0v) is 39.1. The van der Waals surface area contributed by atoms with E-state index in [-0.39, 0.29) is 0 Å². The van der Waals surface area contributed by atoms with Crippen molar-refractivity contribution in [3.05, 3.63) is 285 Å². The third-order valence-electron chi connectivity index (χ3n) is 14.2. The van der Waals surface area contributed by atoms with Gasteiger partial charge >= 0.3 is 0 Å². The highest BCUT2D eigenvalue weighted by Gasteiger charge is 2.23. The van der Waals surface area contributed by atoms with E-state index in [9.17, 15) is 0 Å². The summed E-state index contributed by atoms with van der Waals surface area (Å²) in [4.78, 5) is 2.44. The number of hydrogen-bond donors (Lipinski definition) is 0. The molecule has 0 saturated carbocycles. The molecule has 0 aliphatic carbocycles. The fraction of sp³-hybridized carbons (Fsp3) is 0. The van der Waals surface area contributed by atoms with Crippen molar-refractivity contribution < 1.29 is 0 Å². The van der Waals surface area contributed by atoms with Gasteiger partial charge < -0.3 is 4.90 Å². The Labute approximate surface area is 414 Å². The molecule has 1 heteroatoms. The van der Waals surface area contributed by atoms with Gasteiger partial charge in [0, 0.05) is 16.9 Å². The Morgan fingerprint density at radius 3 is 0.803 bits per heavy atom. The zero-order chi connectivity index (χ0) is 47.1. The molecule has 0 aliphatic rings. The van der Waals surface area contributed by atoms with E-state index in [4.69, 9.17) is 0 Å². The maximum atomic E-state index is 2.44. The van der Waals surface area contributed by atoms with E-state index >= 15 is 0 Å². The van der Waals surface area contributed by atoms with Crippen molar-refractivity contribution in [1.29, 1.82) is 0 Å². The van der Waals surface area contributed by atoms with Crippen molar-refractivity contribution in [2.24, 2.45) is 0 Å². The van der Waals surface area contributed by atoms with Crippen molar-refractivity contribution in [3.63, 3.8) is 0 Å². The molecule has 0 aromatic heterocycles. The predicted octanol–water partition coefficient (Wildman–Crippen LogP) is 19.8. The average Bonchev–Trinajstić information content (AvgIpc) is 3.46. The van der Waals surface area contributed by atoms with Crippen LogP contribution in [0.15, 0.2) is 285 Å². The summed E-state index contributed by atoms with van der Waals surface area (Å²) in [6, 6.07) is 104. The van der Waals surface area contributed by atoms with Gasteiger partial charge in [0.2, 0.25) is 0 Å². The molecule has 0 amide bonds. The summed E-state index contributed by atoms with van der Waals surface area (Å²) in [5.41, 5.74) is 17.6. The Morgan fingerprint density at radius 1 is 0.183 bits per heavy atom. The van der Waals surface area contributed by atoms with Crippen molar-refractivity contribution in [2.75, 3.05) is 4.90 Å². The van der Waals surface area contributed by atoms with Gasteiger partial charge in [-0.3, -0.25) is 0 Å². The van der Waals surface area contributed by atoms with Gasteiger partial charge in [0.15, 0.2) is 0 Å². The van der Waals surface area contributed by atoms with Gasteiger partial charge in [-0.05, 0) is 141 Å². The smallest absolute Gasteiger partial charge is 0.0540 e. The SMILES string of the molecule is c1ccc(-c2ccc(N(c3ccc(-c4c(-c5ccccc5)c5ccccc5c5ccccc45)cc3)c3ccc(-c4c(-c5ccccc5)c5ccccc5c5ccccc45)cc3)c(-c3ccccc3)c2)cc1. The third-order valence-corrected chi connectivity index (χ3v) is 14.2. The lowest BCUT2D eigenvalue weighted by atomic mass is 9.85. The first-order chi connectivity index (χ1) is 35.3. The fourth-order valence-electron chi connectivity index (χ4n) is 11.1. The van der Waals surface area contributed by atoms with Crippen LogP contribution in [0.4, 0.5) is 17.1 Å². The first-order valence-corrected chi connectivity index (χ1v) is 24.5. The Balaban J connectivity index is 1.03. The van der Waals surface area contributed by atoms with Gasteiger partial charge in [-0.1, -0.05) is 249 Å². The van der Waals surface area contributed by atoms with Crippen molar-refractivity contribution in [3.8, 4) is 66.8 Å². The minimum absolute atomic E-state index is 1.07. The summed E-state index contributed by atoms with van der Waals surface area (Å²) < 4.78 is 0. The van der Waals surface area contributed by atoms with Crippen LogP contribution in [0.3, 0.4) is 0 Å².